The van der Waals surface area contributed by atoms with Gasteiger partial charge >= 0.3 is 0 Å². The fourth-order valence-electron chi connectivity index (χ4n) is 9.52. The van der Waals surface area contributed by atoms with E-state index in [1.54, 1.807) is 94.7 Å². The van der Waals surface area contributed by atoms with Gasteiger partial charge < -0.3 is 14.9 Å². The predicted octanol–water partition coefficient (Wildman–Crippen LogP) is 9.05. The number of rotatable bonds is 7. The first-order chi connectivity index (χ1) is 26.2. The highest BCUT2D eigenvalue weighted by atomic mass is 35.5. The fraction of sp³-hybridized carbons (Fsp3) is 0.152. The summed E-state index contributed by atoms with van der Waals surface area (Å²) in [4.78, 5) is 51.0. The number of benzene rings is 6. The van der Waals surface area contributed by atoms with Crippen molar-refractivity contribution >= 4 is 52.2 Å². The number of fused-ring (bicyclic) bond motifs is 4. The van der Waals surface area contributed by atoms with Crippen LogP contribution in [0.5, 0.6) is 0 Å². The Balaban J connectivity index is 1.39. The maximum Gasteiger partial charge on any atom is 0.242 e. The minimum Gasteiger partial charge on any atom is -0.384 e. The molecule has 54 heavy (non-hydrogen) atoms. The highest BCUT2D eigenvalue weighted by Crippen LogP contribution is 2.72. The molecule has 2 spiro atoms. The first kappa shape index (κ1) is 34.3. The standard InChI is InChI=1S/C46H34Cl2N2O4/c47-34-21-23-38-36(25-34)44(42(52)49(38)27-30-13-5-1-6-14-30)29-45(54,33-19-11-4-12-20-33)46(41(44)40(51)32-17-9-3-10-18-32)37-26-35(48)22-24-39(37)50(43(46)53)28-31-15-7-2-8-16-31/h1-26,41,54H,27-29H2/t41-,44-,45+,46+/m1/s1. The number of Topliss-reactive ketones (excluding diaryl/α,β-unsaturated/α-hetero) is 1. The molecule has 1 saturated carbocycles. The SMILES string of the molecule is O=C(c1ccccc1)[C@H]1[C@@]2(C(=O)N(Cc3ccccc3)c3ccc(Cl)cc32)[C@@](O)(c2ccccc2)C[C@]12C(=O)N(Cc1ccccc1)c1ccc(Cl)cc12. The summed E-state index contributed by atoms with van der Waals surface area (Å²) in [6.45, 7) is 0.367. The summed E-state index contributed by atoms with van der Waals surface area (Å²) in [5, 5.41) is 14.6. The average molecular weight is 750 g/mol. The molecule has 4 atom stereocenters. The van der Waals surface area contributed by atoms with Gasteiger partial charge in [0.05, 0.1) is 24.4 Å². The highest BCUT2D eigenvalue weighted by molar-refractivity contribution is 6.32. The topological polar surface area (TPSA) is 77.9 Å². The Morgan fingerprint density at radius 1 is 0.611 bits per heavy atom. The van der Waals surface area contributed by atoms with E-state index < -0.39 is 34.0 Å². The zero-order valence-electron chi connectivity index (χ0n) is 29.0. The molecule has 1 N–H and O–H groups in total. The Bertz CT molecular complexity index is 2450. The molecule has 8 heteroatoms. The summed E-state index contributed by atoms with van der Waals surface area (Å²) in [5.74, 6) is -2.75. The van der Waals surface area contributed by atoms with Crippen LogP contribution >= 0.6 is 23.2 Å². The number of hydrogen-bond acceptors (Lipinski definition) is 4. The molecule has 6 aromatic rings. The Labute approximate surface area is 323 Å². The third kappa shape index (κ3) is 4.80. The van der Waals surface area contributed by atoms with E-state index in [0.29, 0.717) is 43.7 Å². The fourth-order valence-corrected chi connectivity index (χ4v) is 9.87. The van der Waals surface area contributed by atoms with Gasteiger partial charge in [0, 0.05) is 33.4 Å². The number of anilines is 2. The Hall–Kier alpha value is -5.53. The summed E-state index contributed by atoms with van der Waals surface area (Å²) < 4.78 is 0. The molecular formula is C46H34Cl2N2O4. The van der Waals surface area contributed by atoms with E-state index in [1.807, 2.05) is 72.8 Å². The number of amides is 2. The molecule has 0 saturated heterocycles. The Morgan fingerprint density at radius 3 is 1.63 bits per heavy atom. The van der Waals surface area contributed by atoms with Crippen molar-refractivity contribution in [1.29, 1.82) is 0 Å². The largest absolute Gasteiger partial charge is 0.384 e. The maximum atomic E-state index is 16.1. The van der Waals surface area contributed by atoms with Crippen molar-refractivity contribution in [2.75, 3.05) is 9.80 Å². The molecule has 2 aliphatic heterocycles. The van der Waals surface area contributed by atoms with Crippen molar-refractivity contribution in [2.45, 2.75) is 35.9 Å². The summed E-state index contributed by atoms with van der Waals surface area (Å²) in [6.07, 6.45) is -0.276. The van der Waals surface area contributed by atoms with Crippen molar-refractivity contribution in [2.24, 2.45) is 5.92 Å². The predicted molar refractivity (Wildman–Crippen MR) is 211 cm³/mol. The lowest BCUT2D eigenvalue weighted by Crippen LogP contribution is -2.59. The van der Waals surface area contributed by atoms with E-state index in [0.717, 1.165) is 11.1 Å². The Morgan fingerprint density at radius 2 is 1.07 bits per heavy atom. The number of aliphatic hydroxyl groups is 1. The summed E-state index contributed by atoms with van der Waals surface area (Å²) in [5.41, 5.74) is -1.42. The van der Waals surface area contributed by atoms with Gasteiger partial charge in [-0.2, -0.15) is 0 Å². The van der Waals surface area contributed by atoms with Gasteiger partial charge in [0.15, 0.2) is 5.78 Å². The second-order valence-electron chi connectivity index (χ2n) is 14.4. The highest BCUT2D eigenvalue weighted by Gasteiger charge is 2.82. The van der Waals surface area contributed by atoms with Crippen LogP contribution in [0, 0.1) is 5.92 Å². The number of carbonyl (C=O) groups is 3. The van der Waals surface area contributed by atoms with Crippen molar-refractivity contribution in [3.63, 3.8) is 0 Å². The van der Waals surface area contributed by atoms with Crippen molar-refractivity contribution in [1.82, 2.24) is 0 Å². The van der Waals surface area contributed by atoms with Crippen molar-refractivity contribution in [3.05, 3.63) is 201 Å². The van der Waals surface area contributed by atoms with E-state index in [-0.39, 0.29) is 25.4 Å². The minimum absolute atomic E-state index is 0.163. The van der Waals surface area contributed by atoms with Crippen LogP contribution in [0.4, 0.5) is 11.4 Å². The van der Waals surface area contributed by atoms with Crippen LogP contribution in [-0.2, 0) is 39.1 Å². The molecule has 1 aliphatic carbocycles. The molecule has 6 nitrogen and oxygen atoms in total. The molecule has 0 unspecified atom stereocenters. The normalized spacial score (nSPS) is 24.0. The number of carbonyl (C=O) groups excluding carboxylic acids is 3. The van der Waals surface area contributed by atoms with E-state index in [2.05, 4.69) is 0 Å². The van der Waals surface area contributed by atoms with Crippen LogP contribution in [0.2, 0.25) is 10.0 Å². The van der Waals surface area contributed by atoms with Crippen LogP contribution in [0.1, 0.15) is 44.6 Å². The molecule has 6 aromatic carbocycles. The van der Waals surface area contributed by atoms with Gasteiger partial charge in [-0.3, -0.25) is 14.4 Å². The third-order valence-corrected chi connectivity index (χ3v) is 12.1. The molecule has 3 aliphatic rings. The van der Waals surface area contributed by atoms with E-state index in [4.69, 9.17) is 23.2 Å². The van der Waals surface area contributed by atoms with Crippen LogP contribution in [-0.4, -0.2) is 22.7 Å². The van der Waals surface area contributed by atoms with Gasteiger partial charge in [-0.05, 0) is 64.2 Å². The van der Waals surface area contributed by atoms with E-state index in [1.165, 1.54) is 0 Å². The monoisotopic (exact) mass is 748 g/mol. The molecule has 2 amide bonds. The minimum atomic E-state index is -2.09. The van der Waals surface area contributed by atoms with Crippen LogP contribution in [0.3, 0.4) is 0 Å². The second-order valence-corrected chi connectivity index (χ2v) is 15.3. The van der Waals surface area contributed by atoms with Gasteiger partial charge in [0.1, 0.15) is 11.0 Å². The van der Waals surface area contributed by atoms with E-state index in [9.17, 15) is 5.11 Å². The lowest BCUT2D eigenvalue weighted by Gasteiger charge is -2.42. The summed E-state index contributed by atoms with van der Waals surface area (Å²) in [7, 11) is 0. The number of nitrogens with zero attached hydrogens (tertiary/aromatic N) is 2. The third-order valence-electron chi connectivity index (χ3n) is 11.7. The molecule has 0 bridgehead atoms. The number of hydrogen-bond donors (Lipinski definition) is 1. The summed E-state index contributed by atoms with van der Waals surface area (Å²) in [6, 6.07) is 47.3. The first-order valence-electron chi connectivity index (χ1n) is 17.9. The molecule has 0 radical (unpaired) electrons. The molecule has 2 heterocycles. The number of halogens is 2. The zero-order valence-corrected chi connectivity index (χ0v) is 30.5. The zero-order chi connectivity index (χ0) is 37.2. The molecular weight excluding hydrogens is 715 g/mol. The van der Waals surface area contributed by atoms with Crippen LogP contribution in [0.15, 0.2) is 158 Å². The molecule has 0 aromatic heterocycles. The van der Waals surface area contributed by atoms with Gasteiger partial charge in [-0.15, -0.1) is 0 Å². The van der Waals surface area contributed by atoms with Crippen LogP contribution < -0.4 is 9.80 Å². The van der Waals surface area contributed by atoms with Gasteiger partial charge in [0.25, 0.3) is 0 Å². The van der Waals surface area contributed by atoms with E-state index >= 15 is 14.4 Å². The maximum absolute atomic E-state index is 16.1. The van der Waals surface area contributed by atoms with Gasteiger partial charge in [-0.1, -0.05) is 145 Å². The first-order valence-corrected chi connectivity index (χ1v) is 18.6. The second kappa shape index (κ2) is 12.8. The quantitative estimate of drug-likeness (QED) is 0.165. The summed E-state index contributed by atoms with van der Waals surface area (Å²) >= 11 is 13.6. The van der Waals surface area contributed by atoms with Gasteiger partial charge in [0.2, 0.25) is 11.8 Å². The molecule has 266 valence electrons. The average Bonchev–Trinajstić information content (AvgIpc) is 3.69. The number of ketones is 1. The molecule has 9 rings (SSSR count). The van der Waals surface area contributed by atoms with Crippen molar-refractivity contribution in [3.8, 4) is 0 Å². The smallest absolute Gasteiger partial charge is 0.242 e. The lowest BCUT2D eigenvalue weighted by atomic mass is 9.58. The molecule has 1 fully saturated rings. The Kier molecular flexibility index (Phi) is 8.12. The van der Waals surface area contributed by atoms with Crippen LogP contribution in [0.25, 0.3) is 0 Å². The lowest BCUT2D eigenvalue weighted by molar-refractivity contribution is -0.135. The van der Waals surface area contributed by atoms with Gasteiger partial charge in [-0.25, -0.2) is 0 Å². The van der Waals surface area contributed by atoms with Crippen molar-refractivity contribution < 1.29 is 19.5 Å².